The zero-order valence-electron chi connectivity index (χ0n) is 13.0. The molecule has 1 N–H and O–H groups in total. The molecule has 1 nitrogen and oxygen atoms in total. The quantitative estimate of drug-likeness (QED) is 0.768. The molecule has 0 amide bonds. The molecule has 19 heavy (non-hydrogen) atoms. The molecule has 1 rings (SSSR count). The molecule has 0 saturated heterocycles. The smallest absolute Gasteiger partial charge is 0.123 e. The summed E-state index contributed by atoms with van der Waals surface area (Å²) in [5.74, 6) is 0.425. The van der Waals surface area contributed by atoms with E-state index in [1.165, 1.54) is 6.07 Å². The van der Waals surface area contributed by atoms with Crippen LogP contribution in [-0.4, -0.2) is 6.54 Å². The molecule has 108 valence electrons. The Morgan fingerprint density at radius 2 is 1.95 bits per heavy atom. The van der Waals surface area contributed by atoms with Gasteiger partial charge in [0.1, 0.15) is 5.82 Å². The van der Waals surface area contributed by atoms with Crippen molar-refractivity contribution in [2.24, 2.45) is 11.3 Å². The summed E-state index contributed by atoms with van der Waals surface area (Å²) in [4.78, 5) is 0. The van der Waals surface area contributed by atoms with E-state index < -0.39 is 0 Å². The van der Waals surface area contributed by atoms with Gasteiger partial charge in [0.15, 0.2) is 0 Å². The Hall–Kier alpha value is -0.890. The summed E-state index contributed by atoms with van der Waals surface area (Å²) >= 11 is 0. The van der Waals surface area contributed by atoms with Crippen LogP contribution >= 0.6 is 0 Å². The van der Waals surface area contributed by atoms with E-state index in [0.29, 0.717) is 5.92 Å². The molecule has 0 aromatic heterocycles. The van der Waals surface area contributed by atoms with Crippen molar-refractivity contribution in [3.8, 4) is 0 Å². The monoisotopic (exact) mass is 265 g/mol. The van der Waals surface area contributed by atoms with Gasteiger partial charge in [-0.25, -0.2) is 4.39 Å². The maximum absolute atomic E-state index is 13.4. The first kappa shape index (κ1) is 16.2. The van der Waals surface area contributed by atoms with E-state index in [9.17, 15) is 4.39 Å². The third-order valence-electron chi connectivity index (χ3n) is 3.96. The van der Waals surface area contributed by atoms with Gasteiger partial charge in [-0.15, -0.1) is 0 Å². The van der Waals surface area contributed by atoms with Gasteiger partial charge >= 0.3 is 0 Å². The first-order chi connectivity index (χ1) is 8.84. The van der Waals surface area contributed by atoms with Gasteiger partial charge in [-0.1, -0.05) is 46.8 Å². The van der Waals surface area contributed by atoms with Crippen LogP contribution in [0.5, 0.6) is 0 Å². The average molecular weight is 265 g/mol. The summed E-state index contributed by atoms with van der Waals surface area (Å²) in [6, 6.07) is 7.22. The lowest BCUT2D eigenvalue weighted by molar-refractivity contribution is 0.223. The SMILES string of the molecule is CCCNC(CC(C)C(C)(C)C)c1cccc(F)c1. The molecule has 0 aliphatic carbocycles. The van der Waals surface area contributed by atoms with Crippen molar-refractivity contribution in [3.63, 3.8) is 0 Å². The standard InChI is InChI=1S/C17H28FN/c1-6-10-19-16(11-13(2)17(3,4)5)14-8-7-9-15(18)12-14/h7-9,12-13,16,19H,6,10-11H2,1-5H3. The average Bonchev–Trinajstić information content (AvgIpc) is 2.33. The number of halogens is 1. The Balaban J connectivity index is 2.83. The van der Waals surface area contributed by atoms with Gasteiger partial charge < -0.3 is 5.32 Å². The second kappa shape index (κ2) is 7.04. The Bertz CT molecular complexity index is 381. The summed E-state index contributed by atoms with van der Waals surface area (Å²) in [5, 5.41) is 3.55. The Morgan fingerprint density at radius 1 is 1.26 bits per heavy atom. The van der Waals surface area contributed by atoms with Crippen LogP contribution in [0.2, 0.25) is 0 Å². The van der Waals surface area contributed by atoms with Gasteiger partial charge in [0.25, 0.3) is 0 Å². The van der Waals surface area contributed by atoms with Gasteiger partial charge in [0.2, 0.25) is 0 Å². The lowest BCUT2D eigenvalue weighted by atomic mass is 9.77. The molecule has 2 unspecified atom stereocenters. The highest BCUT2D eigenvalue weighted by atomic mass is 19.1. The molecule has 0 spiro atoms. The fraction of sp³-hybridized carbons (Fsp3) is 0.647. The highest BCUT2D eigenvalue weighted by Gasteiger charge is 2.24. The first-order valence-corrected chi connectivity index (χ1v) is 7.33. The maximum atomic E-state index is 13.4. The summed E-state index contributed by atoms with van der Waals surface area (Å²) < 4.78 is 13.4. The van der Waals surface area contributed by atoms with E-state index in [2.05, 4.69) is 39.9 Å². The molecule has 0 bridgehead atoms. The Labute approximate surface area is 117 Å². The highest BCUT2D eigenvalue weighted by molar-refractivity contribution is 5.20. The van der Waals surface area contributed by atoms with Crippen LogP contribution in [0.15, 0.2) is 24.3 Å². The fourth-order valence-electron chi connectivity index (χ4n) is 2.09. The van der Waals surface area contributed by atoms with Crippen LogP contribution < -0.4 is 5.32 Å². The van der Waals surface area contributed by atoms with Crippen molar-refractivity contribution in [3.05, 3.63) is 35.6 Å². The molecule has 0 aliphatic rings. The molecular weight excluding hydrogens is 237 g/mol. The molecule has 1 aromatic rings. The minimum Gasteiger partial charge on any atom is -0.310 e. The fourth-order valence-corrected chi connectivity index (χ4v) is 2.09. The number of nitrogens with one attached hydrogen (secondary N) is 1. The van der Waals surface area contributed by atoms with Gasteiger partial charge in [-0.05, 0) is 48.4 Å². The maximum Gasteiger partial charge on any atom is 0.123 e. The molecule has 2 heteroatoms. The Kier molecular flexibility index (Phi) is 5.99. The lowest BCUT2D eigenvalue weighted by Gasteiger charge is -2.31. The summed E-state index contributed by atoms with van der Waals surface area (Å²) in [6.07, 6.45) is 2.13. The van der Waals surface area contributed by atoms with Crippen LogP contribution in [0.3, 0.4) is 0 Å². The van der Waals surface area contributed by atoms with Crippen molar-refractivity contribution < 1.29 is 4.39 Å². The van der Waals surface area contributed by atoms with Crippen LogP contribution in [0.25, 0.3) is 0 Å². The van der Waals surface area contributed by atoms with Gasteiger partial charge in [0, 0.05) is 6.04 Å². The molecule has 0 heterocycles. The second-order valence-corrected chi connectivity index (χ2v) is 6.56. The molecule has 0 radical (unpaired) electrons. The first-order valence-electron chi connectivity index (χ1n) is 7.33. The van der Waals surface area contributed by atoms with Crippen molar-refractivity contribution in [2.45, 2.75) is 53.5 Å². The summed E-state index contributed by atoms with van der Waals surface area (Å²) in [5.41, 5.74) is 1.34. The minimum atomic E-state index is -0.149. The predicted octanol–water partition coefficient (Wildman–Crippen LogP) is 4.94. The second-order valence-electron chi connectivity index (χ2n) is 6.56. The minimum absolute atomic E-state index is 0.149. The van der Waals surface area contributed by atoms with E-state index in [1.807, 2.05) is 6.07 Å². The normalized spacial score (nSPS) is 15.3. The highest BCUT2D eigenvalue weighted by Crippen LogP contribution is 2.33. The Morgan fingerprint density at radius 3 is 2.47 bits per heavy atom. The van der Waals surface area contributed by atoms with Gasteiger partial charge in [0.05, 0.1) is 0 Å². The van der Waals surface area contributed by atoms with E-state index in [-0.39, 0.29) is 17.3 Å². The summed E-state index contributed by atoms with van der Waals surface area (Å²) in [7, 11) is 0. The topological polar surface area (TPSA) is 12.0 Å². The van der Waals surface area contributed by atoms with Crippen LogP contribution in [0, 0.1) is 17.2 Å². The van der Waals surface area contributed by atoms with E-state index in [1.54, 1.807) is 12.1 Å². The van der Waals surface area contributed by atoms with Crippen LogP contribution in [-0.2, 0) is 0 Å². The molecule has 0 saturated carbocycles. The van der Waals surface area contributed by atoms with E-state index in [4.69, 9.17) is 0 Å². The van der Waals surface area contributed by atoms with Crippen molar-refractivity contribution >= 4 is 0 Å². The van der Waals surface area contributed by atoms with Crippen molar-refractivity contribution in [1.29, 1.82) is 0 Å². The van der Waals surface area contributed by atoms with Gasteiger partial charge in [-0.3, -0.25) is 0 Å². The molecule has 0 aliphatic heterocycles. The molecule has 1 aromatic carbocycles. The third-order valence-corrected chi connectivity index (χ3v) is 3.96. The summed E-state index contributed by atoms with van der Waals surface area (Å²) in [6.45, 7) is 12.2. The number of hydrogen-bond donors (Lipinski definition) is 1. The predicted molar refractivity (Wildman–Crippen MR) is 80.7 cm³/mol. The van der Waals surface area contributed by atoms with E-state index >= 15 is 0 Å². The zero-order chi connectivity index (χ0) is 14.5. The third kappa shape index (κ3) is 5.32. The number of hydrogen-bond acceptors (Lipinski definition) is 1. The van der Waals surface area contributed by atoms with Crippen molar-refractivity contribution in [1.82, 2.24) is 5.32 Å². The van der Waals surface area contributed by atoms with Gasteiger partial charge in [-0.2, -0.15) is 0 Å². The number of rotatable bonds is 6. The molecule has 2 atom stereocenters. The van der Waals surface area contributed by atoms with Crippen molar-refractivity contribution in [2.75, 3.05) is 6.54 Å². The van der Waals surface area contributed by atoms with Crippen LogP contribution in [0.1, 0.15) is 59.1 Å². The number of benzene rings is 1. The van der Waals surface area contributed by atoms with Crippen LogP contribution in [0.4, 0.5) is 4.39 Å². The largest absolute Gasteiger partial charge is 0.310 e. The van der Waals surface area contributed by atoms with E-state index in [0.717, 1.165) is 24.9 Å². The molecule has 0 fully saturated rings. The zero-order valence-corrected chi connectivity index (χ0v) is 13.0. The lowest BCUT2D eigenvalue weighted by Crippen LogP contribution is -2.28. The molecular formula is C17H28FN.